The predicted octanol–water partition coefficient (Wildman–Crippen LogP) is 5.72. The van der Waals surface area contributed by atoms with Crippen LogP contribution in [0.1, 0.15) is 52.0 Å². The maximum absolute atomic E-state index is 14.3. The fraction of sp³-hybridized carbons (Fsp3) is 0.364. The molecule has 0 saturated carbocycles. The minimum atomic E-state index is -4.00. The van der Waals surface area contributed by atoms with Crippen molar-refractivity contribution in [2.24, 2.45) is 0 Å². The number of aromatic nitrogens is 2. The Kier molecular flexibility index (Phi) is 6.05. The van der Waals surface area contributed by atoms with Crippen LogP contribution in [0.5, 0.6) is 0 Å². The highest BCUT2D eigenvalue weighted by Crippen LogP contribution is 2.57. The number of hydrogen-bond donors (Lipinski definition) is 0. The summed E-state index contributed by atoms with van der Waals surface area (Å²) in [5, 5.41) is 0.658. The first-order chi connectivity index (χ1) is 20.4. The molecule has 3 aliphatic rings. The Morgan fingerprint density at radius 1 is 0.977 bits per heavy atom. The lowest BCUT2D eigenvalue weighted by molar-refractivity contribution is -0.125. The average molecular weight is 599 g/mol. The standard InChI is InChI=1S/C33H34N4O5S/c1-32(2,3)42-31(39)37-22-15-16-23(37)18-33(17-22)28-26(35(4)30(33)38)19-34-29-27(28)25(21-11-7-5-8-12-21)20-36(29)43(40,41)24-13-9-6-10-14-24/h5-14,19-20,22-23H,15-18H2,1-4H3. The van der Waals surface area contributed by atoms with E-state index < -0.39 is 21.0 Å². The second kappa shape index (κ2) is 9.41. The van der Waals surface area contributed by atoms with Gasteiger partial charge in [-0.15, -0.1) is 0 Å². The number of amides is 2. The van der Waals surface area contributed by atoms with Crippen molar-refractivity contribution >= 4 is 38.7 Å². The van der Waals surface area contributed by atoms with Crippen molar-refractivity contribution in [2.75, 3.05) is 11.9 Å². The smallest absolute Gasteiger partial charge is 0.410 e. The third kappa shape index (κ3) is 4.10. The number of benzene rings is 2. The molecule has 2 aromatic carbocycles. The molecule has 9 nitrogen and oxygen atoms in total. The fourth-order valence-electron chi connectivity index (χ4n) is 7.40. The Hall–Kier alpha value is -4.18. The van der Waals surface area contributed by atoms with Crippen molar-refractivity contribution in [3.05, 3.63) is 78.6 Å². The molecule has 2 aromatic heterocycles. The normalized spacial score (nSPS) is 23.3. The zero-order valence-electron chi connectivity index (χ0n) is 24.6. The van der Waals surface area contributed by atoms with E-state index in [-0.39, 0.29) is 34.6 Å². The van der Waals surface area contributed by atoms with E-state index in [1.54, 1.807) is 54.7 Å². The predicted molar refractivity (Wildman–Crippen MR) is 163 cm³/mol. The fourth-order valence-corrected chi connectivity index (χ4v) is 8.74. The van der Waals surface area contributed by atoms with Crippen molar-refractivity contribution < 1.29 is 22.7 Å². The number of anilines is 1. The van der Waals surface area contributed by atoms with Crippen LogP contribution < -0.4 is 4.90 Å². The molecule has 4 aromatic rings. The van der Waals surface area contributed by atoms with Gasteiger partial charge in [-0.2, -0.15) is 0 Å². The summed E-state index contributed by atoms with van der Waals surface area (Å²) in [6.45, 7) is 5.56. The van der Waals surface area contributed by atoms with Crippen LogP contribution in [0.15, 0.2) is 78.0 Å². The number of nitrogens with zero attached hydrogens (tertiary/aromatic N) is 4. The molecule has 2 amide bonds. The zero-order chi connectivity index (χ0) is 30.3. The first-order valence-electron chi connectivity index (χ1n) is 14.6. The Bertz CT molecular complexity index is 1870. The zero-order valence-corrected chi connectivity index (χ0v) is 25.5. The topological polar surface area (TPSA) is 102 Å². The first-order valence-corrected chi connectivity index (χ1v) is 16.1. The molecule has 43 heavy (non-hydrogen) atoms. The van der Waals surface area contributed by atoms with Gasteiger partial charge in [0.2, 0.25) is 5.91 Å². The SMILES string of the molecule is CN1C(=O)C2(CC3CCC(C2)N3C(=O)OC(C)(C)C)c2c1cnc1c2c(-c2ccccc2)cn1S(=O)(=O)c1ccccc1. The van der Waals surface area contributed by atoms with Gasteiger partial charge >= 0.3 is 6.09 Å². The van der Waals surface area contributed by atoms with Crippen LogP contribution in [0.2, 0.25) is 0 Å². The molecule has 222 valence electrons. The van der Waals surface area contributed by atoms with E-state index >= 15 is 0 Å². The summed E-state index contributed by atoms with van der Waals surface area (Å²) >= 11 is 0. The van der Waals surface area contributed by atoms with Gasteiger partial charge in [0.25, 0.3) is 10.0 Å². The number of carbonyl (C=O) groups is 2. The van der Waals surface area contributed by atoms with Gasteiger partial charge in [-0.3, -0.25) is 4.79 Å². The molecule has 1 spiro atoms. The van der Waals surface area contributed by atoms with E-state index in [1.165, 1.54) is 3.97 Å². The average Bonchev–Trinajstić information content (AvgIpc) is 3.57. The van der Waals surface area contributed by atoms with Gasteiger partial charge in [-0.25, -0.2) is 22.2 Å². The number of hydrogen-bond acceptors (Lipinski definition) is 6. The van der Waals surface area contributed by atoms with E-state index in [4.69, 9.17) is 9.72 Å². The van der Waals surface area contributed by atoms with Crippen molar-refractivity contribution in [2.45, 2.75) is 74.4 Å². The summed E-state index contributed by atoms with van der Waals surface area (Å²) in [5.74, 6) is -0.0461. The van der Waals surface area contributed by atoms with E-state index in [2.05, 4.69) is 0 Å². The molecule has 2 unspecified atom stereocenters. The largest absolute Gasteiger partial charge is 0.444 e. The number of ether oxygens (including phenoxy) is 1. The molecule has 3 aliphatic heterocycles. The number of fused-ring (bicyclic) bond motifs is 6. The summed E-state index contributed by atoms with van der Waals surface area (Å²) < 4.78 is 35.1. The van der Waals surface area contributed by atoms with Crippen LogP contribution in [-0.2, 0) is 25.0 Å². The number of piperidine rings is 1. The van der Waals surface area contributed by atoms with Gasteiger partial charge in [0.1, 0.15) is 5.60 Å². The van der Waals surface area contributed by atoms with Crippen LogP contribution in [0.4, 0.5) is 10.5 Å². The third-order valence-electron chi connectivity index (χ3n) is 9.09. The molecule has 0 N–H and O–H groups in total. The minimum absolute atomic E-state index is 0.0461. The highest BCUT2D eigenvalue weighted by molar-refractivity contribution is 7.90. The van der Waals surface area contributed by atoms with E-state index in [9.17, 15) is 18.0 Å². The molecule has 7 rings (SSSR count). The number of likely N-dealkylation sites (N-methyl/N-ethyl adjacent to an activating group) is 1. The Morgan fingerprint density at radius 2 is 1.58 bits per heavy atom. The number of pyridine rings is 1. The van der Waals surface area contributed by atoms with E-state index in [0.717, 1.165) is 24.0 Å². The maximum atomic E-state index is 14.3. The Morgan fingerprint density at radius 3 is 2.19 bits per heavy atom. The van der Waals surface area contributed by atoms with Gasteiger partial charge in [0, 0.05) is 41.8 Å². The summed E-state index contributed by atoms with van der Waals surface area (Å²) in [6, 6.07) is 17.6. The summed E-state index contributed by atoms with van der Waals surface area (Å²) in [6.07, 6.45) is 5.34. The quantitative estimate of drug-likeness (QED) is 0.299. The van der Waals surface area contributed by atoms with Crippen molar-refractivity contribution in [1.29, 1.82) is 0 Å². The van der Waals surface area contributed by atoms with Gasteiger partial charge in [-0.05, 0) is 64.2 Å². The van der Waals surface area contributed by atoms with Crippen LogP contribution >= 0.6 is 0 Å². The third-order valence-corrected chi connectivity index (χ3v) is 10.8. The van der Waals surface area contributed by atoms with E-state index in [0.29, 0.717) is 29.5 Å². The van der Waals surface area contributed by atoms with Crippen LogP contribution in [0.25, 0.3) is 22.2 Å². The highest BCUT2D eigenvalue weighted by atomic mass is 32.2. The monoisotopic (exact) mass is 598 g/mol. The molecule has 0 radical (unpaired) electrons. The van der Waals surface area contributed by atoms with Crippen LogP contribution in [0, 0.1) is 0 Å². The molecule has 0 aliphatic carbocycles. The molecular weight excluding hydrogens is 564 g/mol. The molecule has 2 atom stereocenters. The maximum Gasteiger partial charge on any atom is 0.410 e. The number of rotatable bonds is 3. The van der Waals surface area contributed by atoms with Crippen LogP contribution in [-0.4, -0.2) is 59.0 Å². The second-order valence-corrected chi connectivity index (χ2v) is 14.7. The molecule has 5 heterocycles. The van der Waals surface area contributed by atoms with Gasteiger partial charge in [-0.1, -0.05) is 48.5 Å². The lowest BCUT2D eigenvalue weighted by Crippen LogP contribution is -2.55. The number of carbonyl (C=O) groups excluding carboxylic acids is 2. The first kappa shape index (κ1) is 27.6. The lowest BCUT2D eigenvalue weighted by Gasteiger charge is -2.44. The van der Waals surface area contributed by atoms with Gasteiger partial charge in [0.15, 0.2) is 5.65 Å². The summed E-state index contributed by atoms with van der Waals surface area (Å²) in [4.78, 5) is 36.0. The molecule has 2 saturated heterocycles. The summed E-state index contributed by atoms with van der Waals surface area (Å²) in [7, 11) is -2.24. The lowest BCUT2D eigenvalue weighted by atomic mass is 9.69. The molecule has 2 bridgehead atoms. The Labute approximate surface area is 251 Å². The van der Waals surface area contributed by atoms with Crippen LogP contribution in [0.3, 0.4) is 0 Å². The molecule has 2 fully saturated rings. The van der Waals surface area contributed by atoms with Crippen molar-refractivity contribution in [3.63, 3.8) is 0 Å². The van der Waals surface area contributed by atoms with Gasteiger partial charge < -0.3 is 14.5 Å². The van der Waals surface area contributed by atoms with Crippen molar-refractivity contribution in [1.82, 2.24) is 13.9 Å². The van der Waals surface area contributed by atoms with E-state index in [1.807, 2.05) is 56.0 Å². The summed E-state index contributed by atoms with van der Waals surface area (Å²) in [5.41, 5.74) is 1.73. The molecular formula is C33H34N4O5S. The molecule has 10 heteroatoms. The van der Waals surface area contributed by atoms with Crippen molar-refractivity contribution in [3.8, 4) is 11.1 Å². The Balaban J connectivity index is 1.45. The highest BCUT2D eigenvalue weighted by Gasteiger charge is 2.60. The van der Waals surface area contributed by atoms with Gasteiger partial charge in [0.05, 0.1) is 22.2 Å². The second-order valence-electron chi connectivity index (χ2n) is 12.9. The minimum Gasteiger partial charge on any atom is -0.444 e.